The van der Waals surface area contributed by atoms with Crippen molar-refractivity contribution in [3.8, 4) is 11.5 Å². The first-order valence-corrected chi connectivity index (χ1v) is 9.86. The fraction of sp³-hybridized carbons (Fsp3) is 0.105. The van der Waals surface area contributed by atoms with Gasteiger partial charge in [-0.2, -0.15) is 0 Å². The van der Waals surface area contributed by atoms with E-state index < -0.39 is 0 Å². The Morgan fingerprint density at radius 3 is 2.65 bits per heavy atom. The van der Waals surface area contributed by atoms with Crippen LogP contribution in [0.5, 0.6) is 0 Å². The number of nitrogens with one attached hydrogen (secondary N) is 1. The molecule has 26 heavy (non-hydrogen) atoms. The van der Waals surface area contributed by atoms with E-state index in [2.05, 4.69) is 39.6 Å². The van der Waals surface area contributed by atoms with E-state index in [1.165, 1.54) is 16.9 Å². The van der Waals surface area contributed by atoms with Gasteiger partial charge in [-0.1, -0.05) is 59.0 Å². The monoisotopic (exact) mass is 380 g/mol. The number of hydrogen-bond donors (Lipinski definition) is 1. The number of nitrogens with zero attached hydrogens (tertiary/aromatic N) is 3. The molecule has 4 aromatic rings. The van der Waals surface area contributed by atoms with Crippen molar-refractivity contribution in [3.05, 3.63) is 72.1 Å². The quantitative estimate of drug-likeness (QED) is 0.443. The summed E-state index contributed by atoms with van der Waals surface area (Å²) in [6.07, 6.45) is 1.70. The van der Waals surface area contributed by atoms with Crippen molar-refractivity contribution in [1.82, 2.24) is 15.2 Å². The minimum Gasteiger partial charge on any atom is -0.444 e. The van der Waals surface area contributed by atoms with E-state index in [1.54, 1.807) is 18.0 Å². The molecule has 0 saturated heterocycles. The first-order valence-electron chi connectivity index (χ1n) is 8.06. The molecule has 0 bridgehead atoms. The maximum atomic E-state index is 5.56. The molecule has 4 rings (SSSR count). The Labute approximate surface area is 159 Å². The summed E-state index contributed by atoms with van der Waals surface area (Å²) < 4.78 is 6.46. The van der Waals surface area contributed by atoms with Crippen LogP contribution in [-0.4, -0.2) is 15.2 Å². The van der Waals surface area contributed by atoms with E-state index in [9.17, 15) is 0 Å². The summed E-state index contributed by atoms with van der Waals surface area (Å²) in [7, 11) is 0. The highest BCUT2D eigenvalue weighted by atomic mass is 32.2. The van der Waals surface area contributed by atoms with Gasteiger partial charge in [-0.15, -0.1) is 10.2 Å². The molecule has 0 aliphatic carbocycles. The molecule has 2 aromatic heterocycles. The highest BCUT2D eigenvalue weighted by molar-refractivity contribution is 8.00. The highest BCUT2D eigenvalue weighted by Crippen LogP contribution is 2.30. The van der Waals surface area contributed by atoms with Gasteiger partial charge < -0.3 is 9.73 Å². The van der Waals surface area contributed by atoms with Gasteiger partial charge in [0.15, 0.2) is 4.34 Å². The summed E-state index contributed by atoms with van der Waals surface area (Å²) in [4.78, 5) is 4.53. The summed E-state index contributed by atoms with van der Waals surface area (Å²) in [5, 5.41) is 12.5. The van der Waals surface area contributed by atoms with E-state index in [4.69, 9.17) is 4.42 Å². The van der Waals surface area contributed by atoms with Crippen LogP contribution in [0.15, 0.2) is 69.6 Å². The largest absolute Gasteiger partial charge is 0.444 e. The topological polar surface area (TPSA) is 63.8 Å². The Kier molecular flexibility index (Phi) is 4.99. The molecule has 0 unspecified atom stereocenters. The third-order valence-corrected chi connectivity index (χ3v) is 5.63. The van der Waals surface area contributed by atoms with E-state index >= 15 is 0 Å². The summed E-state index contributed by atoms with van der Waals surface area (Å²) in [5.41, 5.74) is 4.10. The third-order valence-electron chi connectivity index (χ3n) is 3.63. The first-order chi connectivity index (χ1) is 12.8. The van der Waals surface area contributed by atoms with Crippen molar-refractivity contribution in [2.45, 2.75) is 17.0 Å². The molecule has 0 aliphatic heterocycles. The Balaban J connectivity index is 1.36. The van der Waals surface area contributed by atoms with Crippen LogP contribution in [0.1, 0.15) is 11.3 Å². The molecule has 130 valence electrons. The fourth-order valence-corrected chi connectivity index (χ4v) is 3.95. The lowest BCUT2D eigenvalue weighted by Gasteiger charge is -2.01. The minimum atomic E-state index is 0.639. The third kappa shape index (κ3) is 4.12. The average molecular weight is 380 g/mol. The van der Waals surface area contributed by atoms with Crippen LogP contribution in [-0.2, 0) is 5.75 Å². The minimum absolute atomic E-state index is 0.639. The molecule has 1 N–H and O–H groups in total. The van der Waals surface area contributed by atoms with E-state index in [-0.39, 0.29) is 0 Å². The summed E-state index contributed by atoms with van der Waals surface area (Å²) in [6.45, 7) is 2.07. The van der Waals surface area contributed by atoms with E-state index in [0.29, 0.717) is 11.6 Å². The molecule has 0 amide bonds. The Hall–Kier alpha value is -2.64. The van der Waals surface area contributed by atoms with Gasteiger partial charge in [0.1, 0.15) is 6.26 Å². The molecule has 2 aromatic carbocycles. The zero-order chi connectivity index (χ0) is 17.8. The van der Waals surface area contributed by atoms with Gasteiger partial charge in [0.2, 0.25) is 11.0 Å². The molecule has 2 heterocycles. The summed E-state index contributed by atoms with van der Waals surface area (Å²) >= 11 is 3.12. The summed E-state index contributed by atoms with van der Waals surface area (Å²) in [5.74, 6) is 1.33. The molecule has 7 heteroatoms. The fourth-order valence-electron chi connectivity index (χ4n) is 2.30. The maximum absolute atomic E-state index is 5.56. The normalized spacial score (nSPS) is 10.8. The number of oxazole rings is 1. The highest BCUT2D eigenvalue weighted by Gasteiger charge is 2.09. The first kappa shape index (κ1) is 16.8. The molecule has 0 fully saturated rings. The van der Waals surface area contributed by atoms with E-state index in [1.807, 2.05) is 42.5 Å². The predicted octanol–water partition coefficient (Wildman–Crippen LogP) is 5.54. The number of thioether (sulfide) groups is 1. The summed E-state index contributed by atoms with van der Waals surface area (Å²) in [6, 6.07) is 18.1. The molecule has 0 spiro atoms. The number of aromatic nitrogens is 3. The van der Waals surface area contributed by atoms with Crippen molar-refractivity contribution in [1.29, 1.82) is 0 Å². The Bertz CT molecular complexity index is 980. The van der Waals surface area contributed by atoms with Crippen LogP contribution in [0.4, 0.5) is 10.8 Å². The molecule has 0 radical (unpaired) electrons. The lowest BCUT2D eigenvalue weighted by atomic mass is 10.2. The van der Waals surface area contributed by atoms with Gasteiger partial charge in [0.05, 0.1) is 5.69 Å². The lowest BCUT2D eigenvalue weighted by molar-refractivity contribution is 0.573. The number of hydrogen-bond acceptors (Lipinski definition) is 7. The van der Waals surface area contributed by atoms with E-state index in [0.717, 1.165) is 26.4 Å². The van der Waals surface area contributed by atoms with Gasteiger partial charge in [0, 0.05) is 17.0 Å². The van der Waals surface area contributed by atoms with Crippen LogP contribution in [0.3, 0.4) is 0 Å². The van der Waals surface area contributed by atoms with Crippen molar-refractivity contribution in [3.63, 3.8) is 0 Å². The predicted molar refractivity (Wildman–Crippen MR) is 106 cm³/mol. The number of aryl methyl sites for hydroxylation is 1. The van der Waals surface area contributed by atoms with Crippen LogP contribution in [0.2, 0.25) is 0 Å². The van der Waals surface area contributed by atoms with Crippen LogP contribution < -0.4 is 5.32 Å². The molecule has 0 aliphatic rings. The standard InChI is InChI=1S/C19H16N4OS2/c1-13-7-9-15(10-8-13)21-18-22-23-19(26-18)25-12-16-11-24-17(20-16)14-5-3-2-4-6-14/h2-11H,12H2,1H3,(H,21,22). The smallest absolute Gasteiger partial charge is 0.226 e. The van der Waals surface area contributed by atoms with Gasteiger partial charge in [0.25, 0.3) is 0 Å². The number of benzene rings is 2. The average Bonchev–Trinajstić information content (AvgIpc) is 3.32. The number of anilines is 2. The van der Waals surface area contributed by atoms with Crippen LogP contribution in [0, 0.1) is 6.92 Å². The van der Waals surface area contributed by atoms with Crippen molar-refractivity contribution in [2.24, 2.45) is 0 Å². The van der Waals surface area contributed by atoms with Gasteiger partial charge in [-0.3, -0.25) is 0 Å². The van der Waals surface area contributed by atoms with Crippen LogP contribution >= 0.6 is 23.1 Å². The second-order valence-electron chi connectivity index (χ2n) is 5.66. The van der Waals surface area contributed by atoms with Crippen LogP contribution in [0.25, 0.3) is 11.5 Å². The van der Waals surface area contributed by atoms with Crippen molar-refractivity contribution < 1.29 is 4.42 Å². The zero-order valence-electron chi connectivity index (χ0n) is 14.0. The van der Waals surface area contributed by atoms with Crippen molar-refractivity contribution in [2.75, 3.05) is 5.32 Å². The van der Waals surface area contributed by atoms with Gasteiger partial charge >= 0.3 is 0 Å². The van der Waals surface area contributed by atoms with Gasteiger partial charge in [-0.25, -0.2) is 4.98 Å². The molecule has 0 atom stereocenters. The second kappa shape index (κ2) is 7.72. The number of rotatable bonds is 6. The second-order valence-corrected chi connectivity index (χ2v) is 7.86. The zero-order valence-corrected chi connectivity index (χ0v) is 15.7. The molecular weight excluding hydrogens is 364 g/mol. The molecule has 0 saturated carbocycles. The molecule has 5 nitrogen and oxygen atoms in total. The Morgan fingerprint density at radius 1 is 1.04 bits per heavy atom. The Morgan fingerprint density at radius 2 is 1.85 bits per heavy atom. The molecular formula is C19H16N4OS2. The lowest BCUT2D eigenvalue weighted by Crippen LogP contribution is -1.88. The van der Waals surface area contributed by atoms with Gasteiger partial charge in [-0.05, 0) is 31.2 Å². The van der Waals surface area contributed by atoms with Crippen molar-refractivity contribution >= 4 is 33.9 Å². The maximum Gasteiger partial charge on any atom is 0.226 e. The SMILES string of the molecule is Cc1ccc(Nc2nnc(SCc3coc(-c4ccccc4)n3)s2)cc1.